The highest BCUT2D eigenvalue weighted by atomic mass is 35.5. The van der Waals surface area contributed by atoms with E-state index in [2.05, 4.69) is 4.98 Å². The average Bonchev–Trinajstić information content (AvgIpc) is 3.19. The number of ether oxygens (including phenoxy) is 2. The molecule has 0 saturated carbocycles. The van der Waals surface area contributed by atoms with Crippen LogP contribution in [0.5, 0.6) is 11.5 Å². The lowest BCUT2D eigenvalue weighted by molar-refractivity contribution is 0.111. The van der Waals surface area contributed by atoms with Crippen molar-refractivity contribution in [2.45, 2.75) is 6.54 Å². The molecular formula is C18H13ClN2O3. The number of carbonyl (C=O) groups excluding carboxylic acids is 1. The highest BCUT2D eigenvalue weighted by Gasteiger charge is 2.20. The maximum atomic E-state index is 11.5. The summed E-state index contributed by atoms with van der Waals surface area (Å²) in [5.41, 5.74) is 2.22. The molecule has 1 aliphatic rings. The van der Waals surface area contributed by atoms with E-state index in [1.54, 1.807) is 0 Å². The highest BCUT2D eigenvalue weighted by Crippen LogP contribution is 2.36. The molecule has 0 spiro atoms. The first kappa shape index (κ1) is 14.8. The van der Waals surface area contributed by atoms with Crippen LogP contribution in [-0.4, -0.2) is 22.6 Å². The van der Waals surface area contributed by atoms with E-state index in [9.17, 15) is 4.79 Å². The molecule has 3 aromatic rings. The van der Waals surface area contributed by atoms with Gasteiger partial charge in [-0.25, -0.2) is 4.98 Å². The predicted octanol–water partition coefficient (Wildman–Crippen LogP) is 3.79. The van der Waals surface area contributed by atoms with E-state index in [0.29, 0.717) is 29.6 Å². The zero-order valence-corrected chi connectivity index (χ0v) is 13.4. The molecular weight excluding hydrogens is 328 g/mol. The maximum Gasteiger partial charge on any atom is 0.231 e. The third-order valence-corrected chi connectivity index (χ3v) is 4.17. The van der Waals surface area contributed by atoms with Crippen molar-refractivity contribution in [1.82, 2.24) is 9.55 Å². The summed E-state index contributed by atoms with van der Waals surface area (Å²) in [6, 6.07) is 15.4. The minimum Gasteiger partial charge on any atom is -0.454 e. The first-order valence-corrected chi connectivity index (χ1v) is 7.79. The molecule has 6 heteroatoms. The fourth-order valence-corrected chi connectivity index (χ4v) is 2.96. The molecule has 0 fully saturated rings. The van der Waals surface area contributed by atoms with Crippen LogP contribution in [0.3, 0.4) is 0 Å². The van der Waals surface area contributed by atoms with Crippen molar-refractivity contribution in [2.75, 3.05) is 6.79 Å². The van der Waals surface area contributed by atoms with Crippen molar-refractivity contribution in [3.05, 3.63) is 64.9 Å². The third kappa shape index (κ3) is 2.53. The van der Waals surface area contributed by atoms with Gasteiger partial charge in [-0.3, -0.25) is 4.79 Å². The van der Waals surface area contributed by atoms with E-state index in [0.717, 1.165) is 17.4 Å². The Kier molecular flexibility index (Phi) is 3.70. The lowest BCUT2D eigenvalue weighted by Gasteiger charge is -2.10. The average molecular weight is 341 g/mol. The van der Waals surface area contributed by atoms with Crippen LogP contribution in [-0.2, 0) is 6.54 Å². The number of imidazole rings is 1. The molecule has 0 atom stereocenters. The first-order valence-electron chi connectivity index (χ1n) is 7.41. The number of aromatic nitrogens is 2. The zero-order chi connectivity index (χ0) is 16.5. The molecule has 120 valence electrons. The van der Waals surface area contributed by atoms with E-state index >= 15 is 0 Å². The van der Waals surface area contributed by atoms with Crippen molar-refractivity contribution in [3.63, 3.8) is 0 Å². The topological polar surface area (TPSA) is 53.4 Å². The van der Waals surface area contributed by atoms with E-state index in [4.69, 9.17) is 21.1 Å². The number of benzene rings is 2. The van der Waals surface area contributed by atoms with Gasteiger partial charge in [-0.2, -0.15) is 0 Å². The van der Waals surface area contributed by atoms with Crippen molar-refractivity contribution in [1.29, 1.82) is 0 Å². The molecule has 2 heterocycles. The number of fused-ring (bicyclic) bond motifs is 1. The Balaban J connectivity index is 1.82. The SMILES string of the molecule is O=Cc1c(Cl)nc(-c2ccc3c(c2)OCO3)n1Cc1ccccc1. The molecule has 0 unspecified atom stereocenters. The number of hydrogen-bond acceptors (Lipinski definition) is 4. The van der Waals surface area contributed by atoms with Crippen LogP contribution in [0.25, 0.3) is 11.4 Å². The van der Waals surface area contributed by atoms with Gasteiger partial charge in [0.15, 0.2) is 22.9 Å². The Hall–Kier alpha value is -2.79. The van der Waals surface area contributed by atoms with Gasteiger partial charge in [-0.1, -0.05) is 41.9 Å². The summed E-state index contributed by atoms with van der Waals surface area (Å²) in [6.07, 6.45) is 0.731. The van der Waals surface area contributed by atoms with Crippen LogP contribution < -0.4 is 9.47 Å². The molecule has 4 rings (SSSR count). The van der Waals surface area contributed by atoms with Gasteiger partial charge in [0, 0.05) is 12.1 Å². The first-order chi connectivity index (χ1) is 11.8. The van der Waals surface area contributed by atoms with Crippen molar-refractivity contribution in [3.8, 4) is 22.9 Å². The van der Waals surface area contributed by atoms with E-state index in [-0.39, 0.29) is 11.9 Å². The summed E-state index contributed by atoms with van der Waals surface area (Å²) in [6.45, 7) is 0.704. The maximum absolute atomic E-state index is 11.5. The van der Waals surface area contributed by atoms with Crippen molar-refractivity contribution >= 4 is 17.9 Å². The predicted molar refractivity (Wildman–Crippen MR) is 89.7 cm³/mol. The molecule has 5 nitrogen and oxygen atoms in total. The van der Waals surface area contributed by atoms with E-state index in [1.807, 2.05) is 53.1 Å². The summed E-state index contributed by atoms with van der Waals surface area (Å²) in [5.74, 6) is 1.97. The van der Waals surface area contributed by atoms with Gasteiger partial charge < -0.3 is 14.0 Å². The van der Waals surface area contributed by atoms with E-state index < -0.39 is 0 Å². The number of rotatable bonds is 4. The Labute approximate surface area is 143 Å². The molecule has 0 aliphatic carbocycles. The third-order valence-electron chi connectivity index (χ3n) is 3.89. The molecule has 2 aromatic carbocycles. The van der Waals surface area contributed by atoms with Crippen LogP contribution >= 0.6 is 11.6 Å². The summed E-state index contributed by atoms with van der Waals surface area (Å²) < 4.78 is 12.6. The quantitative estimate of drug-likeness (QED) is 0.678. The number of halogens is 1. The van der Waals surface area contributed by atoms with Gasteiger partial charge in [0.05, 0.1) is 0 Å². The fourth-order valence-electron chi connectivity index (χ4n) is 2.73. The number of aldehydes is 1. The molecule has 0 radical (unpaired) electrons. The van der Waals surface area contributed by atoms with Crippen LogP contribution in [0.15, 0.2) is 48.5 Å². The Morgan fingerprint density at radius 3 is 2.71 bits per heavy atom. The summed E-state index contributed by atoms with van der Waals surface area (Å²) in [4.78, 5) is 15.9. The van der Waals surface area contributed by atoms with Gasteiger partial charge in [-0.15, -0.1) is 0 Å². The fraction of sp³-hybridized carbons (Fsp3) is 0.111. The van der Waals surface area contributed by atoms with Crippen molar-refractivity contribution in [2.24, 2.45) is 0 Å². The Morgan fingerprint density at radius 2 is 1.92 bits per heavy atom. The molecule has 0 saturated heterocycles. The lowest BCUT2D eigenvalue weighted by atomic mass is 10.1. The minimum absolute atomic E-state index is 0.189. The second-order valence-electron chi connectivity index (χ2n) is 5.37. The molecule has 0 amide bonds. The Bertz CT molecular complexity index is 906. The Morgan fingerprint density at radius 1 is 1.12 bits per heavy atom. The second-order valence-corrected chi connectivity index (χ2v) is 5.73. The molecule has 24 heavy (non-hydrogen) atoms. The normalized spacial score (nSPS) is 12.4. The minimum atomic E-state index is 0.189. The molecule has 1 aromatic heterocycles. The molecule has 0 bridgehead atoms. The number of nitrogens with zero attached hydrogens (tertiary/aromatic N) is 2. The van der Waals surface area contributed by atoms with Gasteiger partial charge in [0.1, 0.15) is 11.5 Å². The molecule has 1 aliphatic heterocycles. The summed E-state index contributed by atoms with van der Waals surface area (Å²) >= 11 is 6.16. The summed E-state index contributed by atoms with van der Waals surface area (Å²) in [7, 11) is 0. The van der Waals surface area contributed by atoms with Crippen LogP contribution in [0.4, 0.5) is 0 Å². The summed E-state index contributed by atoms with van der Waals surface area (Å²) in [5, 5.41) is 0.189. The standard InChI is InChI=1S/C18H13ClN2O3/c19-17-14(10-22)21(9-12-4-2-1-3-5-12)18(20-17)13-6-7-15-16(8-13)24-11-23-15/h1-8,10H,9,11H2. The highest BCUT2D eigenvalue weighted by molar-refractivity contribution is 6.31. The van der Waals surface area contributed by atoms with E-state index in [1.165, 1.54) is 0 Å². The number of hydrogen-bond donors (Lipinski definition) is 0. The smallest absolute Gasteiger partial charge is 0.231 e. The zero-order valence-electron chi connectivity index (χ0n) is 12.6. The second kappa shape index (κ2) is 6.02. The van der Waals surface area contributed by atoms with Crippen LogP contribution in [0.2, 0.25) is 5.15 Å². The van der Waals surface area contributed by atoms with Crippen LogP contribution in [0, 0.1) is 0 Å². The lowest BCUT2D eigenvalue weighted by Crippen LogP contribution is -2.06. The van der Waals surface area contributed by atoms with Gasteiger partial charge in [0.25, 0.3) is 0 Å². The molecule has 0 N–H and O–H groups in total. The number of carbonyl (C=O) groups is 1. The van der Waals surface area contributed by atoms with Gasteiger partial charge in [-0.05, 0) is 23.8 Å². The van der Waals surface area contributed by atoms with Crippen molar-refractivity contribution < 1.29 is 14.3 Å². The van der Waals surface area contributed by atoms with Gasteiger partial charge in [0.2, 0.25) is 6.79 Å². The van der Waals surface area contributed by atoms with Gasteiger partial charge >= 0.3 is 0 Å². The van der Waals surface area contributed by atoms with Crippen LogP contribution in [0.1, 0.15) is 16.1 Å². The largest absolute Gasteiger partial charge is 0.454 e. The monoisotopic (exact) mass is 340 g/mol.